The number of hydrogen-bond acceptors (Lipinski definition) is 7. The average molecular weight is 283 g/mol. The first-order valence-corrected chi connectivity index (χ1v) is 6.72. The fourth-order valence-electron chi connectivity index (χ4n) is 1.83. The predicted molar refractivity (Wildman–Crippen MR) is 75.3 cm³/mol. The minimum Gasteiger partial charge on any atom is -0.470 e. The van der Waals surface area contributed by atoms with E-state index in [-0.39, 0.29) is 23.5 Å². The summed E-state index contributed by atoms with van der Waals surface area (Å²) in [6.07, 6.45) is 6.36. The van der Waals surface area contributed by atoms with Crippen LogP contribution in [0, 0.1) is 10.1 Å². The number of aromatic nitrogens is 2. The molecule has 0 aliphatic heterocycles. The van der Waals surface area contributed by atoms with Crippen LogP contribution in [0.25, 0.3) is 0 Å². The van der Waals surface area contributed by atoms with Crippen LogP contribution in [-0.2, 0) is 0 Å². The summed E-state index contributed by atoms with van der Waals surface area (Å²) in [5.41, 5.74) is 1.84. The molecule has 1 aromatic rings. The molecule has 1 rings (SSSR count). The number of nitro groups is 1. The maximum Gasteiger partial charge on any atom is 0.374 e. The Morgan fingerprint density at radius 3 is 2.80 bits per heavy atom. The first kappa shape index (κ1) is 16.1. The van der Waals surface area contributed by atoms with Gasteiger partial charge in [-0.3, -0.25) is 10.1 Å². The zero-order valence-electron chi connectivity index (χ0n) is 11.8. The fourth-order valence-corrected chi connectivity index (χ4v) is 1.83. The normalized spacial score (nSPS) is 11.9. The van der Waals surface area contributed by atoms with Gasteiger partial charge in [-0.15, -0.1) is 0 Å². The third-order valence-electron chi connectivity index (χ3n) is 2.89. The van der Waals surface area contributed by atoms with Crippen LogP contribution in [0.4, 0.5) is 11.5 Å². The molecule has 0 bridgehead atoms. The molecule has 112 valence electrons. The van der Waals surface area contributed by atoms with E-state index in [1.165, 1.54) is 12.7 Å². The molecule has 0 amide bonds. The minimum atomic E-state index is -0.603. The molecule has 0 saturated heterocycles. The number of hydrazine groups is 1. The molecule has 1 heterocycles. The van der Waals surface area contributed by atoms with Gasteiger partial charge >= 0.3 is 5.69 Å². The standard InChI is InChI=1S/C12H21N5O3/c1-3-4-5-6-7-9(2)20-12-10(17(18)19)11(16-13)14-8-15-12/h8-9H,3-7,13H2,1-2H3,(H,14,15,16). The molecule has 0 spiro atoms. The van der Waals surface area contributed by atoms with Crippen molar-refractivity contribution in [1.29, 1.82) is 0 Å². The summed E-state index contributed by atoms with van der Waals surface area (Å²) in [5, 5.41) is 11.0. The van der Waals surface area contributed by atoms with E-state index in [2.05, 4.69) is 22.3 Å². The highest BCUT2D eigenvalue weighted by atomic mass is 16.6. The molecule has 1 unspecified atom stereocenters. The molecule has 8 heteroatoms. The third-order valence-corrected chi connectivity index (χ3v) is 2.89. The van der Waals surface area contributed by atoms with Crippen LogP contribution in [0.15, 0.2) is 6.33 Å². The molecule has 20 heavy (non-hydrogen) atoms. The van der Waals surface area contributed by atoms with Gasteiger partial charge in [0.2, 0.25) is 5.82 Å². The van der Waals surface area contributed by atoms with Crippen LogP contribution in [0.1, 0.15) is 46.0 Å². The lowest BCUT2D eigenvalue weighted by Crippen LogP contribution is -2.16. The highest BCUT2D eigenvalue weighted by Gasteiger charge is 2.25. The Bertz CT molecular complexity index is 441. The largest absolute Gasteiger partial charge is 0.470 e. The van der Waals surface area contributed by atoms with Gasteiger partial charge in [-0.05, 0) is 19.8 Å². The lowest BCUT2D eigenvalue weighted by Gasteiger charge is -2.14. The van der Waals surface area contributed by atoms with Gasteiger partial charge in [-0.1, -0.05) is 26.2 Å². The summed E-state index contributed by atoms with van der Waals surface area (Å²) in [4.78, 5) is 18.0. The molecule has 0 fully saturated rings. The minimum absolute atomic E-state index is 0.0547. The zero-order valence-corrected chi connectivity index (χ0v) is 11.8. The summed E-state index contributed by atoms with van der Waals surface area (Å²) in [6, 6.07) is 0. The number of nitrogens with zero attached hydrogens (tertiary/aromatic N) is 3. The lowest BCUT2D eigenvalue weighted by molar-refractivity contribution is -0.385. The van der Waals surface area contributed by atoms with E-state index < -0.39 is 4.92 Å². The molecule has 1 aromatic heterocycles. The first-order chi connectivity index (χ1) is 9.60. The maximum atomic E-state index is 11.0. The second kappa shape index (κ2) is 8.26. The van der Waals surface area contributed by atoms with Gasteiger partial charge in [-0.25, -0.2) is 10.8 Å². The van der Waals surface area contributed by atoms with Crippen molar-refractivity contribution in [3.8, 4) is 5.88 Å². The van der Waals surface area contributed by atoms with Crippen LogP contribution >= 0.6 is 0 Å². The summed E-state index contributed by atoms with van der Waals surface area (Å²) in [5.74, 6) is 5.09. The Morgan fingerprint density at radius 2 is 2.20 bits per heavy atom. The molecule has 0 saturated carbocycles. The fraction of sp³-hybridized carbons (Fsp3) is 0.667. The van der Waals surface area contributed by atoms with Gasteiger partial charge in [0.25, 0.3) is 5.88 Å². The number of nitrogens with two attached hydrogens (primary N) is 1. The molecule has 0 aliphatic rings. The van der Waals surface area contributed by atoms with Crippen molar-refractivity contribution in [3.63, 3.8) is 0 Å². The molecule has 3 N–H and O–H groups in total. The maximum absolute atomic E-state index is 11.0. The Balaban J connectivity index is 2.69. The van der Waals surface area contributed by atoms with E-state index in [9.17, 15) is 10.1 Å². The van der Waals surface area contributed by atoms with Crippen molar-refractivity contribution in [2.75, 3.05) is 5.43 Å². The summed E-state index contributed by atoms with van der Waals surface area (Å²) in [6.45, 7) is 4.01. The van der Waals surface area contributed by atoms with Gasteiger partial charge < -0.3 is 10.2 Å². The number of anilines is 1. The number of rotatable bonds is 9. The van der Waals surface area contributed by atoms with Crippen LogP contribution in [0.5, 0.6) is 5.88 Å². The second-order valence-corrected chi connectivity index (χ2v) is 4.56. The van der Waals surface area contributed by atoms with Crippen molar-refractivity contribution in [1.82, 2.24) is 9.97 Å². The van der Waals surface area contributed by atoms with Gasteiger partial charge in [0.15, 0.2) is 0 Å². The average Bonchev–Trinajstić information content (AvgIpc) is 2.43. The molecular weight excluding hydrogens is 262 g/mol. The zero-order chi connectivity index (χ0) is 15.0. The van der Waals surface area contributed by atoms with Gasteiger partial charge in [0.05, 0.1) is 11.0 Å². The number of unbranched alkanes of at least 4 members (excludes halogenated alkanes) is 3. The van der Waals surface area contributed by atoms with E-state index in [0.717, 1.165) is 25.7 Å². The van der Waals surface area contributed by atoms with Crippen LogP contribution < -0.4 is 16.0 Å². The number of ether oxygens (including phenoxy) is 1. The van der Waals surface area contributed by atoms with E-state index in [0.29, 0.717) is 0 Å². The molecular formula is C12H21N5O3. The highest BCUT2D eigenvalue weighted by molar-refractivity contribution is 5.60. The Kier molecular flexibility index (Phi) is 6.65. The molecule has 0 aromatic carbocycles. The van der Waals surface area contributed by atoms with Crippen LogP contribution in [-0.4, -0.2) is 21.0 Å². The number of nitrogen functional groups attached to an aromatic ring is 1. The SMILES string of the molecule is CCCCCCC(C)Oc1ncnc(NN)c1[N+](=O)[O-]. The Labute approximate surface area is 117 Å². The number of hydrogen-bond donors (Lipinski definition) is 2. The quantitative estimate of drug-likeness (QED) is 0.309. The third kappa shape index (κ3) is 4.61. The van der Waals surface area contributed by atoms with Gasteiger partial charge in [0, 0.05) is 0 Å². The van der Waals surface area contributed by atoms with Crippen LogP contribution in [0.3, 0.4) is 0 Å². The predicted octanol–water partition coefficient (Wildman–Crippen LogP) is 2.41. The van der Waals surface area contributed by atoms with Gasteiger partial charge in [0.1, 0.15) is 6.33 Å². The molecule has 0 radical (unpaired) electrons. The lowest BCUT2D eigenvalue weighted by atomic mass is 10.1. The summed E-state index contributed by atoms with van der Waals surface area (Å²) in [7, 11) is 0. The summed E-state index contributed by atoms with van der Waals surface area (Å²) >= 11 is 0. The van der Waals surface area contributed by atoms with Crippen molar-refractivity contribution >= 4 is 11.5 Å². The van der Waals surface area contributed by atoms with Crippen molar-refractivity contribution in [2.24, 2.45) is 5.84 Å². The summed E-state index contributed by atoms with van der Waals surface area (Å²) < 4.78 is 5.54. The van der Waals surface area contributed by atoms with E-state index in [1.54, 1.807) is 0 Å². The topological polar surface area (TPSA) is 116 Å². The van der Waals surface area contributed by atoms with E-state index >= 15 is 0 Å². The van der Waals surface area contributed by atoms with Crippen molar-refractivity contribution in [2.45, 2.75) is 52.1 Å². The van der Waals surface area contributed by atoms with Gasteiger partial charge in [-0.2, -0.15) is 4.98 Å². The van der Waals surface area contributed by atoms with Crippen LogP contribution in [0.2, 0.25) is 0 Å². The molecule has 8 nitrogen and oxygen atoms in total. The number of nitrogens with one attached hydrogen (secondary N) is 1. The Hall–Kier alpha value is -1.96. The monoisotopic (exact) mass is 283 g/mol. The van der Waals surface area contributed by atoms with E-state index in [1.807, 2.05) is 6.92 Å². The Morgan fingerprint density at radius 1 is 1.45 bits per heavy atom. The first-order valence-electron chi connectivity index (χ1n) is 6.72. The second-order valence-electron chi connectivity index (χ2n) is 4.56. The smallest absolute Gasteiger partial charge is 0.374 e. The van der Waals surface area contributed by atoms with Crippen molar-refractivity contribution in [3.05, 3.63) is 16.4 Å². The van der Waals surface area contributed by atoms with E-state index in [4.69, 9.17) is 10.6 Å². The molecule has 1 atom stereocenters. The highest BCUT2D eigenvalue weighted by Crippen LogP contribution is 2.31. The van der Waals surface area contributed by atoms with Crippen molar-refractivity contribution < 1.29 is 9.66 Å². The molecule has 0 aliphatic carbocycles.